The van der Waals surface area contributed by atoms with Crippen LogP contribution in [0, 0.1) is 17.1 Å². The molecule has 0 aromatic heterocycles. The summed E-state index contributed by atoms with van der Waals surface area (Å²) in [6, 6.07) is 16.3. The summed E-state index contributed by atoms with van der Waals surface area (Å²) in [5.74, 6) is -0.0644. The van der Waals surface area contributed by atoms with Gasteiger partial charge < -0.3 is 9.80 Å². The Morgan fingerprint density at radius 3 is 2.24 bits per heavy atom. The maximum atomic E-state index is 13.7. The van der Waals surface area contributed by atoms with Crippen LogP contribution < -0.4 is 4.90 Å². The highest BCUT2D eigenvalue weighted by molar-refractivity contribution is 5.88. The number of rotatable bonds is 3. The Labute approximate surface area is 171 Å². The first kappa shape index (κ1) is 19.4. The summed E-state index contributed by atoms with van der Waals surface area (Å²) >= 11 is 0. The number of carbonyl (C=O) groups is 1. The maximum absolute atomic E-state index is 13.7. The summed E-state index contributed by atoms with van der Waals surface area (Å²) in [4.78, 5) is 18.0. The van der Waals surface area contributed by atoms with Crippen LogP contribution in [0.15, 0.2) is 48.5 Å². The predicted molar refractivity (Wildman–Crippen MR) is 111 cm³/mol. The molecule has 2 aromatic carbocycles. The van der Waals surface area contributed by atoms with Crippen molar-refractivity contribution in [1.29, 1.82) is 5.26 Å². The van der Waals surface area contributed by atoms with Crippen LogP contribution in [-0.2, 0) is 10.2 Å². The summed E-state index contributed by atoms with van der Waals surface area (Å²) in [6.07, 6.45) is 4.66. The lowest BCUT2D eigenvalue weighted by atomic mass is 9.77. The zero-order valence-electron chi connectivity index (χ0n) is 16.6. The van der Waals surface area contributed by atoms with Gasteiger partial charge in [-0.15, -0.1) is 0 Å². The number of hydrogen-bond acceptors (Lipinski definition) is 3. The van der Waals surface area contributed by atoms with Crippen molar-refractivity contribution in [3.8, 4) is 6.07 Å². The van der Waals surface area contributed by atoms with E-state index in [9.17, 15) is 9.18 Å². The van der Waals surface area contributed by atoms with Crippen LogP contribution >= 0.6 is 0 Å². The van der Waals surface area contributed by atoms with E-state index in [-0.39, 0.29) is 11.7 Å². The maximum Gasteiger partial charge on any atom is 0.233 e. The van der Waals surface area contributed by atoms with E-state index in [2.05, 4.69) is 11.0 Å². The number of nitrogens with zero attached hydrogens (tertiary/aromatic N) is 3. The predicted octanol–water partition coefficient (Wildman–Crippen LogP) is 4.25. The topological polar surface area (TPSA) is 47.3 Å². The number of halogens is 1. The Balaban J connectivity index is 1.51. The second kappa shape index (κ2) is 8.24. The van der Waals surface area contributed by atoms with Crippen LogP contribution in [0.4, 0.5) is 10.1 Å². The number of amides is 1. The highest BCUT2D eigenvalue weighted by Gasteiger charge is 2.45. The first-order valence-corrected chi connectivity index (χ1v) is 10.4. The molecule has 4 nitrogen and oxygen atoms in total. The van der Waals surface area contributed by atoms with Gasteiger partial charge in [0.15, 0.2) is 0 Å². The molecule has 2 aliphatic rings. The molecule has 0 bridgehead atoms. The van der Waals surface area contributed by atoms with Crippen molar-refractivity contribution in [1.82, 2.24) is 4.90 Å². The molecule has 1 heterocycles. The molecule has 1 aliphatic carbocycles. The Hall–Kier alpha value is -2.87. The van der Waals surface area contributed by atoms with Gasteiger partial charge in [-0.25, -0.2) is 4.39 Å². The number of nitriles is 1. The molecular weight excluding hydrogens is 365 g/mol. The molecule has 5 heteroatoms. The molecule has 0 spiro atoms. The van der Waals surface area contributed by atoms with Crippen molar-refractivity contribution in [3.63, 3.8) is 0 Å². The fourth-order valence-electron chi connectivity index (χ4n) is 4.80. The summed E-state index contributed by atoms with van der Waals surface area (Å²) in [5, 5.41) is 8.99. The molecule has 0 radical (unpaired) electrons. The third-order valence-electron chi connectivity index (χ3n) is 6.41. The summed E-state index contributed by atoms with van der Waals surface area (Å²) < 4.78 is 13.4. The van der Waals surface area contributed by atoms with E-state index in [1.165, 1.54) is 12.1 Å². The van der Waals surface area contributed by atoms with E-state index in [4.69, 9.17) is 5.26 Å². The van der Waals surface area contributed by atoms with Gasteiger partial charge in [0, 0.05) is 31.9 Å². The minimum Gasteiger partial charge on any atom is -0.370 e. The van der Waals surface area contributed by atoms with Crippen molar-refractivity contribution in [3.05, 3.63) is 65.5 Å². The van der Waals surface area contributed by atoms with E-state index in [0.717, 1.165) is 63.0 Å². The third kappa shape index (κ3) is 3.85. The number of benzene rings is 2. The molecule has 4 rings (SSSR count). The molecule has 1 saturated carbocycles. The second-order valence-corrected chi connectivity index (χ2v) is 8.09. The summed E-state index contributed by atoms with van der Waals surface area (Å²) in [7, 11) is 0. The van der Waals surface area contributed by atoms with E-state index < -0.39 is 5.41 Å². The zero-order chi connectivity index (χ0) is 20.3. The first-order chi connectivity index (χ1) is 14.1. The molecule has 150 valence electrons. The average molecular weight is 391 g/mol. The average Bonchev–Trinajstić information content (AvgIpc) is 3.13. The van der Waals surface area contributed by atoms with Crippen LogP contribution in [0.2, 0.25) is 0 Å². The van der Waals surface area contributed by atoms with Gasteiger partial charge in [-0.3, -0.25) is 4.79 Å². The van der Waals surface area contributed by atoms with E-state index >= 15 is 0 Å². The number of hydrogen-bond donors (Lipinski definition) is 0. The monoisotopic (exact) mass is 391 g/mol. The first-order valence-electron chi connectivity index (χ1n) is 10.4. The fourth-order valence-corrected chi connectivity index (χ4v) is 4.80. The Bertz CT molecular complexity index is 895. The molecule has 1 aliphatic heterocycles. The Morgan fingerprint density at radius 1 is 0.897 bits per heavy atom. The van der Waals surface area contributed by atoms with Gasteiger partial charge >= 0.3 is 0 Å². The minimum absolute atomic E-state index is 0.197. The van der Waals surface area contributed by atoms with Gasteiger partial charge in [-0.1, -0.05) is 25.0 Å². The molecule has 2 fully saturated rings. The van der Waals surface area contributed by atoms with Gasteiger partial charge in [0.25, 0.3) is 0 Å². The Kier molecular flexibility index (Phi) is 5.53. The zero-order valence-corrected chi connectivity index (χ0v) is 16.6. The van der Waals surface area contributed by atoms with Gasteiger partial charge in [0.2, 0.25) is 5.91 Å². The molecule has 0 atom stereocenters. The lowest BCUT2D eigenvalue weighted by Crippen LogP contribution is -2.47. The van der Waals surface area contributed by atoms with E-state index in [1.807, 2.05) is 29.2 Å². The van der Waals surface area contributed by atoms with Crippen LogP contribution in [0.3, 0.4) is 0 Å². The van der Waals surface area contributed by atoms with Crippen LogP contribution in [0.1, 0.15) is 43.2 Å². The van der Waals surface area contributed by atoms with Crippen molar-refractivity contribution < 1.29 is 9.18 Å². The van der Waals surface area contributed by atoms with Crippen LogP contribution in [0.25, 0.3) is 0 Å². The highest BCUT2D eigenvalue weighted by Crippen LogP contribution is 2.43. The molecule has 1 amide bonds. The van der Waals surface area contributed by atoms with Crippen molar-refractivity contribution in [2.75, 3.05) is 31.1 Å². The molecule has 2 aromatic rings. The normalized spacial score (nSPS) is 18.9. The lowest BCUT2D eigenvalue weighted by molar-refractivity contribution is -0.137. The van der Waals surface area contributed by atoms with Crippen molar-refractivity contribution in [2.45, 2.75) is 37.5 Å². The lowest BCUT2D eigenvalue weighted by Gasteiger charge is -2.34. The molecule has 29 heavy (non-hydrogen) atoms. The smallest absolute Gasteiger partial charge is 0.233 e. The van der Waals surface area contributed by atoms with Crippen molar-refractivity contribution in [2.24, 2.45) is 0 Å². The molecule has 1 saturated heterocycles. The van der Waals surface area contributed by atoms with Crippen LogP contribution in [0.5, 0.6) is 0 Å². The van der Waals surface area contributed by atoms with Gasteiger partial charge in [-0.05, 0) is 61.2 Å². The minimum atomic E-state index is -0.503. The van der Waals surface area contributed by atoms with E-state index in [0.29, 0.717) is 12.1 Å². The highest BCUT2D eigenvalue weighted by atomic mass is 19.1. The summed E-state index contributed by atoms with van der Waals surface area (Å²) in [5.41, 5.74) is 2.20. The van der Waals surface area contributed by atoms with Crippen LogP contribution in [-0.4, -0.2) is 37.0 Å². The second-order valence-electron chi connectivity index (χ2n) is 8.09. The fraction of sp³-hybridized carbons (Fsp3) is 0.417. The molecule has 0 N–H and O–H groups in total. The number of anilines is 1. The van der Waals surface area contributed by atoms with Gasteiger partial charge in [0.05, 0.1) is 17.0 Å². The standard InChI is InChI=1S/C24H26FN3O/c25-21-8-6-20(7-9-21)24(12-1-2-13-24)23(29)28-15-3-14-27(16-17-28)22-10-4-19(18-26)5-11-22/h4-11H,1-3,12-17H2. The number of carbonyl (C=O) groups excluding carboxylic acids is 1. The summed E-state index contributed by atoms with van der Waals surface area (Å²) in [6.45, 7) is 3.09. The van der Waals surface area contributed by atoms with Gasteiger partial charge in [0.1, 0.15) is 5.82 Å². The van der Waals surface area contributed by atoms with Gasteiger partial charge in [-0.2, -0.15) is 5.26 Å². The molecule has 0 unspecified atom stereocenters. The SMILES string of the molecule is N#Cc1ccc(N2CCCN(C(=O)C3(c4ccc(F)cc4)CCCC3)CC2)cc1. The van der Waals surface area contributed by atoms with Crippen molar-refractivity contribution >= 4 is 11.6 Å². The Morgan fingerprint density at radius 2 is 1.59 bits per heavy atom. The third-order valence-corrected chi connectivity index (χ3v) is 6.41. The largest absolute Gasteiger partial charge is 0.370 e. The quantitative estimate of drug-likeness (QED) is 0.786. The van der Waals surface area contributed by atoms with E-state index in [1.54, 1.807) is 12.1 Å². The molecular formula is C24H26FN3O.